The SMILES string of the molecule is CCC(CC)C(=O)N1CCC(C(=O)N2CCN(C=O)CC2)CC1. The Balaban J connectivity index is 1.81. The van der Waals surface area contributed by atoms with Crippen LogP contribution in [0.15, 0.2) is 0 Å². The maximum absolute atomic E-state index is 12.6. The summed E-state index contributed by atoms with van der Waals surface area (Å²) in [5, 5.41) is 0. The van der Waals surface area contributed by atoms with Crippen LogP contribution in [0, 0.1) is 11.8 Å². The number of hydrogen-bond acceptors (Lipinski definition) is 3. The van der Waals surface area contributed by atoms with E-state index in [1.807, 2.05) is 9.80 Å². The van der Waals surface area contributed by atoms with Crippen LogP contribution in [0.3, 0.4) is 0 Å². The molecule has 6 nitrogen and oxygen atoms in total. The van der Waals surface area contributed by atoms with Gasteiger partial charge in [-0.05, 0) is 25.7 Å². The molecule has 0 spiro atoms. The largest absolute Gasteiger partial charge is 0.342 e. The Hall–Kier alpha value is -1.59. The monoisotopic (exact) mass is 323 g/mol. The molecule has 23 heavy (non-hydrogen) atoms. The van der Waals surface area contributed by atoms with Crippen molar-refractivity contribution in [2.24, 2.45) is 11.8 Å². The van der Waals surface area contributed by atoms with E-state index in [2.05, 4.69) is 13.8 Å². The number of hydrogen-bond donors (Lipinski definition) is 0. The van der Waals surface area contributed by atoms with Gasteiger partial charge in [-0.3, -0.25) is 14.4 Å². The van der Waals surface area contributed by atoms with Crippen LogP contribution in [0.5, 0.6) is 0 Å². The van der Waals surface area contributed by atoms with Crippen molar-refractivity contribution in [1.29, 1.82) is 0 Å². The molecule has 0 aromatic carbocycles. The van der Waals surface area contributed by atoms with Crippen molar-refractivity contribution in [3.8, 4) is 0 Å². The third-order valence-electron chi connectivity index (χ3n) is 5.27. The molecule has 0 aromatic rings. The Kier molecular flexibility index (Phi) is 6.42. The lowest BCUT2D eigenvalue weighted by molar-refractivity contribution is -0.144. The van der Waals surface area contributed by atoms with E-state index >= 15 is 0 Å². The highest BCUT2D eigenvalue weighted by molar-refractivity contribution is 5.81. The predicted octanol–water partition coefficient (Wildman–Crippen LogP) is 0.962. The molecule has 2 rings (SSSR count). The molecule has 0 atom stereocenters. The van der Waals surface area contributed by atoms with Gasteiger partial charge >= 0.3 is 0 Å². The number of piperidine rings is 1. The molecule has 2 fully saturated rings. The van der Waals surface area contributed by atoms with Gasteiger partial charge in [0.2, 0.25) is 18.2 Å². The number of likely N-dealkylation sites (tertiary alicyclic amines) is 1. The molecule has 0 N–H and O–H groups in total. The van der Waals surface area contributed by atoms with Crippen molar-refractivity contribution < 1.29 is 14.4 Å². The molecule has 2 saturated heterocycles. The summed E-state index contributed by atoms with van der Waals surface area (Å²) in [6, 6.07) is 0. The highest BCUT2D eigenvalue weighted by Gasteiger charge is 2.32. The second kappa shape index (κ2) is 8.31. The van der Waals surface area contributed by atoms with Gasteiger partial charge in [0.15, 0.2) is 0 Å². The Morgan fingerprint density at radius 2 is 1.52 bits per heavy atom. The molecule has 2 heterocycles. The summed E-state index contributed by atoms with van der Waals surface area (Å²) < 4.78 is 0. The van der Waals surface area contributed by atoms with Crippen molar-refractivity contribution >= 4 is 18.2 Å². The summed E-state index contributed by atoms with van der Waals surface area (Å²) in [7, 11) is 0. The predicted molar refractivity (Wildman–Crippen MR) is 87.6 cm³/mol. The Labute approximate surface area is 138 Å². The zero-order chi connectivity index (χ0) is 16.8. The highest BCUT2D eigenvalue weighted by atomic mass is 16.2. The van der Waals surface area contributed by atoms with Gasteiger partial charge in [0.05, 0.1) is 0 Å². The van der Waals surface area contributed by atoms with Crippen LogP contribution >= 0.6 is 0 Å². The minimum absolute atomic E-state index is 0.0311. The van der Waals surface area contributed by atoms with Gasteiger partial charge in [0.25, 0.3) is 0 Å². The van der Waals surface area contributed by atoms with Gasteiger partial charge in [-0.15, -0.1) is 0 Å². The zero-order valence-corrected chi connectivity index (χ0v) is 14.4. The molecule has 2 aliphatic heterocycles. The van der Waals surface area contributed by atoms with E-state index in [1.54, 1.807) is 4.90 Å². The average Bonchev–Trinajstić information content (AvgIpc) is 2.62. The number of carbonyl (C=O) groups is 3. The summed E-state index contributed by atoms with van der Waals surface area (Å²) in [6.07, 6.45) is 4.14. The average molecular weight is 323 g/mol. The first-order valence-electron chi connectivity index (χ1n) is 8.87. The van der Waals surface area contributed by atoms with Gasteiger partial charge in [0, 0.05) is 51.1 Å². The van der Waals surface area contributed by atoms with Gasteiger partial charge in [0.1, 0.15) is 0 Å². The number of rotatable bonds is 5. The number of amides is 3. The van der Waals surface area contributed by atoms with E-state index in [1.165, 1.54) is 0 Å². The third kappa shape index (κ3) is 4.24. The van der Waals surface area contributed by atoms with Crippen LogP contribution in [0.25, 0.3) is 0 Å². The molecule has 3 amide bonds. The second-order valence-electron chi connectivity index (χ2n) is 6.58. The van der Waals surface area contributed by atoms with E-state index < -0.39 is 0 Å². The van der Waals surface area contributed by atoms with Crippen molar-refractivity contribution in [3.63, 3.8) is 0 Å². The Morgan fingerprint density at radius 1 is 0.957 bits per heavy atom. The third-order valence-corrected chi connectivity index (χ3v) is 5.27. The Bertz CT molecular complexity index is 421. The Morgan fingerprint density at radius 3 is 2.00 bits per heavy atom. The fourth-order valence-corrected chi connectivity index (χ4v) is 3.55. The lowest BCUT2D eigenvalue weighted by atomic mass is 9.93. The van der Waals surface area contributed by atoms with Crippen LogP contribution in [0.1, 0.15) is 39.5 Å². The molecule has 0 aromatic heterocycles. The molecular formula is C17H29N3O3. The first-order chi connectivity index (χ1) is 11.1. The fourth-order valence-electron chi connectivity index (χ4n) is 3.55. The van der Waals surface area contributed by atoms with Crippen molar-refractivity contribution in [1.82, 2.24) is 14.7 Å². The zero-order valence-electron chi connectivity index (χ0n) is 14.4. The first kappa shape index (κ1) is 17.8. The van der Waals surface area contributed by atoms with Crippen molar-refractivity contribution in [2.75, 3.05) is 39.3 Å². The van der Waals surface area contributed by atoms with Crippen LogP contribution in [0.2, 0.25) is 0 Å². The van der Waals surface area contributed by atoms with E-state index in [-0.39, 0.29) is 23.7 Å². The maximum Gasteiger partial charge on any atom is 0.225 e. The summed E-state index contributed by atoms with van der Waals surface area (Å²) >= 11 is 0. The lowest BCUT2D eigenvalue weighted by Gasteiger charge is -2.38. The van der Waals surface area contributed by atoms with Crippen molar-refractivity contribution in [2.45, 2.75) is 39.5 Å². The number of carbonyl (C=O) groups excluding carboxylic acids is 3. The summed E-state index contributed by atoms with van der Waals surface area (Å²) in [6.45, 7) is 8.01. The number of piperazine rings is 1. The van der Waals surface area contributed by atoms with E-state index in [0.29, 0.717) is 39.3 Å². The van der Waals surface area contributed by atoms with Crippen molar-refractivity contribution in [3.05, 3.63) is 0 Å². The van der Waals surface area contributed by atoms with Gasteiger partial charge in [-0.2, -0.15) is 0 Å². The molecule has 130 valence electrons. The normalized spacial score (nSPS) is 20.0. The highest BCUT2D eigenvalue weighted by Crippen LogP contribution is 2.23. The number of nitrogens with zero attached hydrogens (tertiary/aromatic N) is 3. The molecule has 0 radical (unpaired) electrons. The first-order valence-corrected chi connectivity index (χ1v) is 8.87. The van der Waals surface area contributed by atoms with Gasteiger partial charge < -0.3 is 14.7 Å². The topological polar surface area (TPSA) is 60.9 Å². The quantitative estimate of drug-likeness (QED) is 0.708. The molecule has 6 heteroatoms. The molecular weight excluding hydrogens is 294 g/mol. The van der Waals surface area contributed by atoms with E-state index in [4.69, 9.17) is 0 Å². The van der Waals surface area contributed by atoms with E-state index in [9.17, 15) is 14.4 Å². The minimum Gasteiger partial charge on any atom is -0.342 e. The maximum atomic E-state index is 12.6. The van der Waals surface area contributed by atoms with E-state index in [0.717, 1.165) is 32.1 Å². The van der Waals surface area contributed by atoms with Gasteiger partial charge in [-0.25, -0.2) is 0 Å². The van der Waals surface area contributed by atoms with Crippen LogP contribution in [0.4, 0.5) is 0 Å². The fraction of sp³-hybridized carbons (Fsp3) is 0.824. The molecule has 0 saturated carbocycles. The minimum atomic E-state index is 0.0311. The van der Waals surface area contributed by atoms with Crippen LogP contribution in [-0.2, 0) is 14.4 Å². The second-order valence-corrected chi connectivity index (χ2v) is 6.58. The van der Waals surface area contributed by atoms with Crippen LogP contribution in [-0.4, -0.2) is 72.2 Å². The molecule has 0 unspecified atom stereocenters. The smallest absolute Gasteiger partial charge is 0.225 e. The van der Waals surface area contributed by atoms with Gasteiger partial charge in [-0.1, -0.05) is 13.8 Å². The summed E-state index contributed by atoms with van der Waals surface area (Å²) in [5.74, 6) is 0.605. The molecule has 0 aliphatic carbocycles. The summed E-state index contributed by atoms with van der Waals surface area (Å²) in [5.41, 5.74) is 0. The standard InChI is InChI=1S/C17H29N3O3/c1-3-14(4-2)16(22)19-7-5-15(6-8-19)17(23)20-11-9-18(13-21)10-12-20/h13-15H,3-12H2,1-2H3. The lowest BCUT2D eigenvalue weighted by Crippen LogP contribution is -2.51. The molecule has 0 bridgehead atoms. The molecule has 2 aliphatic rings. The van der Waals surface area contributed by atoms with Crippen LogP contribution < -0.4 is 0 Å². The summed E-state index contributed by atoms with van der Waals surface area (Å²) in [4.78, 5) is 41.2.